The quantitative estimate of drug-likeness (QED) is 0.0298. The first-order valence-electron chi connectivity index (χ1n) is 22.8. The number of primary amides is 1. The molecule has 30 heteroatoms. The number of aliphatic hydroxyl groups excluding tert-OH is 2. The van der Waals surface area contributed by atoms with E-state index >= 15 is 0 Å². The maximum absolute atomic E-state index is 14.1. The van der Waals surface area contributed by atoms with E-state index < -0.39 is 188 Å². The van der Waals surface area contributed by atoms with Gasteiger partial charge in [-0.25, -0.2) is 4.79 Å². The predicted molar refractivity (Wildman–Crippen MR) is 251 cm³/mol. The number of carboxylic acid groups (broad SMARTS) is 3. The normalized spacial score (nSPS) is 17.4. The highest BCUT2D eigenvalue weighted by Crippen LogP contribution is 2.21. The Kier molecular flexibility index (Phi) is 27.2. The first kappa shape index (κ1) is 63.4. The van der Waals surface area contributed by atoms with Gasteiger partial charge in [0.15, 0.2) is 0 Å². The fraction of sp³-hybridized carbons (Fsp3) is 0.690. The number of thioether (sulfide) groups is 1. The first-order chi connectivity index (χ1) is 33.6. The number of carbonyl (C=O) groups is 13. The molecule has 406 valence electrons. The van der Waals surface area contributed by atoms with Gasteiger partial charge in [0, 0.05) is 19.4 Å². The Morgan fingerprint density at radius 3 is 1.60 bits per heavy atom. The van der Waals surface area contributed by atoms with E-state index in [0.717, 1.165) is 11.8 Å². The summed E-state index contributed by atoms with van der Waals surface area (Å²) in [5.41, 5.74) is 10.9. The highest BCUT2D eigenvalue weighted by Gasteiger charge is 2.41. The van der Waals surface area contributed by atoms with Crippen molar-refractivity contribution in [2.24, 2.45) is 17.4 Å². The van der Waals surface area contributed by atoms with Crippen LogP contribution >= 0.6 is 11.8 Å². The van der Waals surface area contributed by atoms with Gasteiger partial charge < -0.3 is 84.4 Å². The van der Waals surface area contributed by atoms with Gasteiger partial charge in [-0.2, -0.15) is 11.8 Å². The number of nitrogens with zero attached hydrogens (tertiary/aromatic N) is 1. The topological polar surface area (TPSA) is 475 Å². The summed E-state index contributed by atoms with van der Waals surface area (Å²) in [7, 11) is 0. The van der Waals surface area contributed by atoms with Crippen molar-refractivity contribution in [3.8, 4) is 0 Å². The number of aliphatic carboxylic acids is 3. The molecule has 11 atom stereocenters. The summed E-state index contributed by atoms with van der Waals surface area (Å²) in [6, 6.07) is -15.2. The van der Waals surface area contributed by atoms with Crippen LogP contribution in [-0.2, 0) is 62.3 Å². The molecule has 0 unspecified atom stereocenters. The SMILES string of the molecule is CSCC[C@H](NC(=O)[C@H](C)NC(=O)[C@@H](N)[C@@H](C)O)C(=O)N[C@@H](CCC(=O)O)C(=O)N[C@@H](C)C(=O)N[C@@H](CC(=O)O)C(=O)N[C@@H](CCC(N)=O)C(=O)N1CCC[C@H]1C(=O)N[C@H](C(=O)N[C@@H](CO)C(=O)O)C(C)C. The van der Waals surface area contributed by atoms with Crippen LogP contribution in [0.3, 0.4) is 0 Å². The molecule has 0 spiro atoms. The monoisotopic (exact) mass is 1050 g/mol. The molecular formula is C42H69N11O18S. The van der Waals surface area contributed by atoms with Crippen molar-refractivity contribution in [1.82, 2.24) is 47.4 Å². The third-order valence-corrected chi connectivity index (χ3v) is 11.7. The van der Waals surface area contributed by atoms with E-state index in [2.05, 4.69) is 42.5 Å². The van der Waals surface area contributed by atoms with Crippen LogP contribution in [0, 0.1) is 5.92 Å². The van der Waals surface area contributed by atoms with Crippen LogP contribution in [0.4, 0.5) is 0 Å². The summed E-state index contributed by atoms with van der Waals surface area (Å²) in [4.78, 5) is 168. The molecule has 1 aliphatic heterocycles. The number of carboxylic acids is 3. The molecule has 1 rings (SSSR count). The zero-order valence-electron chi connectivity index (χ0n) is 40.8. The van der Waals surface area contributed by atoms with Crippen LogP contribution in [0.2, 0.25) is 0 Å². The van der Waals surface area contributed by atoms with Gasteiger partial charge in [-0.15, -0.1) is 0 Å². The Bertz CT molecular complexity index is 1990. The first-order valence-corrected chi connectivity index (χ1v) is 24.2. The van der Waals surface area contributed by atoms with E-state index in [1.54, 1.807) is 6.26 Å². The van der Waals surface area contributed by atoms with E-state index in [9.17, 15) is 87.9 Å². The number of nitrogens with two attached hydrogens (primary N) is 2. The minimum absolute atomic E-state index is 0.0158. The lowest BCUT2D eigenvalue weighted by atomic mass is 10.0. The number of likely N-dealkylation sites (tertiary alicyclic amines) is 1. The average Bonchev–Trinajstić information content (AvgIpc) is 3.80. The molecule has 0 aliphatic carbocycles. The Morgan fingerprint density at radius 2 is 1.10 bits per heavy atom. The maximum Gasteiger partial charge on any atom is 0.328 e. The predicted octanol–water partition coefficient (Wildman–Crippen LogP) is -6.31. The minimum atomic E-state index is -1.96. The second-order valence-corrected chi connectivity index (χ2v) is 18.3. The highest BCUT2D eigenvalue weighted by molar-refractivity contribution is 7.98. The Balaban J connectivity index is 3.31. The molecule has 0 radical (unpaired) electrons. The Labute approximate surface area is 418 Å². The van der Waals surface area contributed by atoms with Crippen molar-refractivity contribution in [1.29, 1.82) is 0 Å². The van der Waals surface area contributed by atoms with Crippen molar-refractivity contribution in [3.05, 3.63) is 0 Å². The number of aliphatic hydroxyl groups is 2. The third kappa shape index (κ3) is 21.4. The average molecular weight is 1050 g/mol. The molecule has 1 aliphatic rings. The molecule has 1 heterocycles. The number of hydrogen-bond donors (Lipinski definition) is 15. The van der Waals surface area contributed by atoms with Gasteiger partial charge in [0.05, 0.1) is 19.1 Å². The van der Waals surface area contributed by atoms with E-state index in [0.29, 0.717) is 5.75 Å². The maximum atomic E-state index is 14.1. The standard InChI is InChI=1S/C42H69N11O18S/c1-18(2)32(40(68)51-26(17-54)42(70)71)52-38(66)27-8-7-14-53(27)41(69)24(9-11-28(43)56)49-37(65)25(16-30(59)60)50-34(62)19(3)45-35(63)22(10-12-29(57)58)48-36(64)23(13-15-72-6)47-33(61)20(4)46-39(67)31(44)21(5)55/h18-27,31-32,54-55H,7-17,44H2,1-6H3,(H2,43,56)(H,45,63)(H,46,67)(H,47,61)(H,48,64)(H,49,65)(H,50,62)(H,51,68)(H,52,66)(H,57,58)(H,59,60)(H,70,71)/t19-,20-,21+,22-,23-,24-,25-,26-,27-,31-,32-/m0/s1. The van der Waals surface area contributed by atoms with Gasteiger partial charge in [0.2, 0.25) is 59.1 Å². The summed E-state index contributed by atoms with van der Waals surface area (Å²) in [5.74, 6) is -14.8. The number of amides is 10. The largest absolute Gasteiger partial charge is 0.481 e. The van der Waals surface area contributed by atoms with E-state index in [4.69, 9.17) is 11.5 Å². The van der Waals surface area contributed by atoms with Gasteiger partial charge in [-0.3, -0.25) is 57.5 Å². The van der Waals surface area contributed by atoms with Crippen molar-refractivity contribution < 1.29 is 87.9 Å². The fourth-order valence-electron chi connectivity index (χ4n) is 6.82. The Hall–Kier alpha value is -6.66. The second kappa shape index (κ2) is 30.9. The molecule has 0 aromatic rings. The molecule has 0 bridgehead atoms. The molecular weight excluding hydrogens is 979 g/mol. The van der Waals surface area contributed by atoms with Gasteiger partial charge >= 0.3 is 17.9 Å². The summed E-state index contributed by atoms with van der Waals surface area (Å²) in [6.07, 6.45) is -2.57. The molecule has 1 saturated heterocycles. The smallest absolute Gasteiger partial charge is 0.328 e. The molecule has 72 heavy (non-hydrogen) atoms. The lowest BCUT2D eigenvalue weighted by molar-refractivity contribution is -0.145. The molecule has 0 saturated carbocycles. The molecule has 29 nitrogen and oxygen atoms in total. The van der Waals surface area contributed by atoms with Crippen molar-refractivity contribution in [3.63, 3.8) is 0 Å². The van der Waals surface area contributed by atoms with Crippen molar-refractivity contribution in [2.75, 3.05) is 25.2 Å². The summed E-state index contributed by atoms with van der Waals surface area (Å²) >= 11 is 1.29. The number of nitrogens with one attached hydrogen (secondary N) is 8. The Morgan fingerprint density at radius 1 is 0.611 bits per heavy atom. The number of rotatable bonds is 32. The minimum Gasteiger partial charge on any atom is -0.481 e. The van der Waals surface area contributed by atoms with E-state index in [1.165, 1.54) is 39.5 Å². The van der Waals surface area contributed by atoms with Crippen LogP contribution < -0.4 is 54.0 Å². The molecule has 1 fully saturated rings. The molecule has 10 amide bonds. The zero-order valence-corrected chi connectivity index (χ0v) is 41.6. The molecule has 0 aromatic carbocycles. The number of hydrogen-bond acceptors (Lipinski definition) is 17. The number of carbonyl (C=O) groups excluding carboxylic acids is 10. The van der Waals surface area contributed by atoms with E-state index in [1.807, 2.05) is 0 Å². The lowest BCUT2D eigenvalue weighted by Gasteiger charge is -2.31. The summed E-state index contributed by atoms with van der Waals surface area (Å²) in [6.45, 7) is 5.69. The third-order valence-electron chi connectivity index (χ3n) is 11.0. The van der Waals surface area contributed by atoms with Gasteiger partial charge in [0.1, 0.15) is 60.4 Å². The highest BCUT2D eigenvalue weighted by atomic mass is 32.2. The van der Waals surface area contributed by atoms with Gasteiger partial charge in [-0.05, 0) is 70.8 Å². The summed E-state index contributed by atoms with van der Waals surface area (Å²) in [5, 5.41) is 65.7. The molecule has 17 N–H and O–H groups in total. The zero-order chi connectivity index (χ0) is 55.2. The van der Waals surface area contributed by atoms with Crippen LogP contribution in [0.25, 0.3) is 0 Å². The molecule has 0 aromatic heterocycles. The van der Waals surface area contributed by atoms with Crippen LogP contribution in [-0.4, -0.2) is 199 Å². The lowest BCUT2D eigenvalue weighted by Crippen LogP contribution is -2.60. The van der Waals surface area contributed by atoms with E-state index in [-0.39, 0.29) is 25.8 Å². The van der Waals surface area contributed by atoms with Gasteiger partial charge in [0.25, 0.3) is 0 Å². The second-order valence-electron chi connectivity index (χ2n) is 17.3. The van der Waals surface area contributed by atoms with Crippen molar-refractivity contribution >= 4 is 88.7 Å². The van der Waals surface area contributed by atoms with Crippen LogP contribution in [0.1, 0.15) is 86.0 Å². The van der Waals surface area contributed by atoms with Gasteiger partial charge in [-0.1, -0.05) is 13.8 Å². The summed E-state index contributed by atoms with van der Waals surface area (Å²) < 4.78 is 0. The fourth-order valence-corrected chi connectivity index (χ4v) is 7.29. The van der Waals surface area contributed by atoms with Crippen LogP contribution in [0.5, 0.6) is 0 Å². The van der Waals surface area contributed by atoms with Crippen LogP contribution in [0.15, 0.2) is 0 Å². The van der Waals surface area contributed by atoms with Crippen molar-refractivity contribution in [2.45, 2.75) is 153 Å².